The zero-order valence-electron chi connectivity index (χ0n) is 19.4. The van der Waals surface area contributed by atoms with Crippen molar-refractivity contribution >= 4 is 17.8 Å². The second kappa shape index (κ2) is 7.88. The van der Waals surface area contributed by atoms with Crippen molar-refractivity contribution < 1.29 is 27.5 Å². The lowest BCUT2D eigenvalue weighted by Crippen LogP contribution is -2.63. The molecule has 12 heteroatoms. The highest BCUT2D eigenvalue weighted by molar-refractivity contribution is 5.86. The molecule has 1 fully saturated rings. The molecule has 34 heavy (non-hydrogen) atoms. The Morgan fingerprint density at radius 3 is 2.53 bits per heavy atom. The fraction of sp³-hybridized carbons (Fsp3) is 0.545. The number of fused-ring (bicyclic) bond motifs is 2. The van der Waals surface area contributed by atoms with E-state index in [1.165, 1.54) is 6.20 Å². The lowest BCUT2D eigenvalue weighted by Gasteiger charge is -2.48. The number of nitrogens with zero attached hydrogens (tertiary/aromatic N) is 4. The molecule has 2 aromatic heterocycles. The number of aromatic nitrogens is 3. The number of anilines is 1. The molecule has 9 nitrogen and oxygen atoms in total. The molecule has 0 saturated carbocycles. The van der Waals surface area contributed by atoms with Crippen molar-refractivity contribution in [2.45, 2.75) is 63.9 Å². The fourth-order valence-corrected chi connectivity index (χ4v) is 4.43. The third-order valence-electron chi connectivity index (χ3n) is 6.05. The van der Waals surface area contributed by atoms with Crippen LogP contribution in [0.4, 0.5) is 23.8 Å². The highest BCUT2D eigenvalue weighted by Crippen LogP contribution is 2.44. The van der Waals surface area contributed by atoms with E-state index in [-0.39, 0.29) is 16.9 Å². The number of carbonyl (C=O) groups excluding carboxylic acids is 2. The summed E-state index contributed by atoms with van der Waals surface area (Å²) < 4.78 is 46.6. The average molecular weight is 480 g/mol. The van der Waals surface area contributed by atoms with Crippen molar-refractivity contribution in [1.29, 1.82) is 0 Å². The van der Waals surface area contributed by atoms with Crippen LogP contribution in [0.25, 0.3) is 11.3 Å². The van der Waals surface area contributed by atoms with E-state index in [2.05, 4.69) is 15.4 Å². The zero-order chi connectivity index (χ0) is 25.1. The molecule has 0 bridgehead atoms. The van der Waals surface area contributed by atoms with Gasteiger partial charge >= 0.3 is 12.3 Å². The summed E-state index contributed by atoms with van der Waals surface area (Å²) in [6.45, 7) is 8.27. The Morgan fingerprint density at radius 2 is 1.91 bits per heavy atom. The number of likely N-dealkylation sites (tertiary alicyclic amines) is 1. The predicted octanol–water partition coefficient (Wildman–Crippen LogP) is 2.94. The maximum Gasteiger partial charge on any atom is 0.419 e. The van der Waals surface area contributed by atoms with Crippen molar-refractivity contribution in [2.75, 3.05) is 18.8 Å². The quantitative estimate of drug-likeness (QED) is 0.698. The lowest BCUT2D eigenvalue weighted by molar-refractivity contribution is -0.141. The highest BCUT2D eigenvalue weighted by Gasteiger charge is 2.52. The van der Waals surface area contributed by atoms with Crippen molar-refractivity contribution in [2.24, 2.45) is 0 Å². The van der Waals surface area contributed by atoms with Gasteiger partial charge in [0.1, 0.15) is 17.5 Å². The van der Waals surface area contributed by atoms with Crippen molar-refractivity contribution in [3.63, 3.8) is 0 Å². The molecule has 3 N–H and O–H groups in total. The van der Waals surface area contributed by atoms with Gasteiger partial charge in [-0.3, -0.25) is 9.48 Å². The van der Waals surface area contributed by atoms with E-state index in [9.17, 15) is 22.8 Å². The number of rotatable bonds is 3. The number of hydrogen-bond donors (Lipinski definition) is 2. The van der Waals surface area contributed by atoms with Gasteiger partial charge < -0.3 is 20.7 Å². The maximum absolute atomic E-state index is 13.2. The van der Waals surface area contributed by atoms with Gasteiger partial charge in [-0.1, -0.05) is 0 Å². The van der Waals surface area contributed by atoms with E-state index in [0.717, 1.165) is 18.2 Å². The number of halogens is 3. The molecule has 4 rings (SSSR count). The molecule has 4 heterocycles. The van der Waals surface area contributed by atoms with Gasteiger partial charge in [-0.25, -0.2) is 9.78 Å². The number of nitrogens with two attached hydrogens (primary N) is 1. The first-order valence-corrected chi connectivity index (χ1v) is 10.9. The Hall–Kier alpha value is -3.31. The molecule has 1 saturated heterocycles. The van der Waals surface area contributed by atoms with Gasteiger partial charge in [0.25, 0.3) is 0 Å². The van der Waals surface area contributed by atoms with E-state index in [0.29, 0.717) is 25.3 Å². The number of ether oxygens (including phenoxy) is 1. The monoisotopic (exact) mass is 480 g/mol. The first-order chi connectivity index (χ1) is 15.7. The molecule has 0 unspecified atom stereocenters. The third-order valence-corrected chi connectivity index (χ3v) is 6.05. The van der Waals surface area contributed by atoms with E-state index in [4.69, 9.17) is 10.5 Å². The van der Waals surface area contributed by atoms with Crippen LogP contribution in [0.1, 0.15) is 45.4 Å². The van der Waals surface area contributed by atoms with E-state index >= 15 is 0 Å². The second-order valence-corrected chi connectivity index (χ2v) is 9.89. The van der Waals surface area contributed by atoms with Crippen LogP contribution in [0.2, 0.25) is 0 Å². The SMILES string of the molecule is C[C@H](NC(=O)OC(C)(C)C)C(=O)N1CC2(CCn3nc(-c4cnc(N)c(C(F)(F)F)c4)cc32)C1. The van der Waals surface area contributed by atoms with E-state index in [1.54, 1.807) is 43.3 Å². The topological polar surface area (TPSA) is 115 Å². The first kappa shape index (κ1) is 23.8. The number of nitrogen functional groups attached to an aromatic ring is 1. The second-order valence-electron chi connectivity index (χ2n) is 9.89. The standard InChI is InChI=1S/C22H27F3N6O3/c1-12(28-19(33)34-20(2,3)4)18(32)30-10-21(11-30)5-6-31-16(21)8-15(29-31)13-7-14(22(23,24)25)17(26)27-9-13/h7-9,12H,5-6,10-11H2,1-4H3,(H2,26,27)(H,28,33)/t12-/m0/s1. The Bertz CT molecular complexity index is 1130. The largest absolute Gasteiger partial charge is 0.444 e. The van der Waals surface area contributed by atoms with Gasteiger partial charge in [0.15, 0.2) is 0 Å². The van der Waals surface area contributed by atoms with Crippen LogP contribution in [0.3, 0.4) is 0 Å². The normalized spacial score (nSPS) is 17.8. The lowest BCUT2D eigenvalue weighted by atomic mass is 9.75. The average Bonchev–Trinajstić information content (AvgIpc) is 3.23. The van der Waals surface area contributed by atoms with E-state index < -0.39 is 35.3 Å². The fourth-order valence-electron chi connectivity index (χ4n) is 4.43. The summed E-state index contributed by atoms with van der Waals surface area (Å²) in [5.41, 5.74) is 4.87. The molecule has 1 atom stereocenters. The minimum Gasteiger partial charge on any atom is -0.444 e. The predicted molar refractivity (Wildman–Crippen MR) is 117 cm³/mol. The molecule has 2 aliphatic heterocycles. The Morgan fingerprint density at radius 1 is 1.24 bits per heavy atom. The molecule has 0 radical (unpaired) electrons. The Balaban J connectivity index is 1.45. The number of nitrogens with one attached hydrogen (secondary N) is 1. The maximum atomic E-state index is 13.2. The van der Waals surface area contributed by atoms with Crippen molar-refractivity contribution in [3.8, 4) is 11.3 Å². The van der Waals surface area contributed by atoms with Crippen molar-refractivity contribution in [3.05, 3.63) is 29.6 Å². The number of amides is 2. The summed E-state index contributed by atoms with van der Waals surface area (Å²) in [4.78, 5) is 30.1. The van der Waals surface area contributed by atoms with Crippen LogP contribution in [0.5, 0.6) is 0 Å². The van der Waals surface area contributed by atoms with Crippen LogP contribution in [0, 0.1) is 0 Å². The minimum atomic E-state index is -4.62. The number of hydrogen-bond acceptors (Lipinski definition) is 6. The molecule has 2 amide bonds. The van der Waals surface area contributed by atoms with Gasteiger partial charge in [0.2, 0.25) is 5.91 Å². The number of alkyl carbamates (subject to hydrolysis) is 1. The summed E-state index contributed by atoms with van der Waals surface area (Å²) >= 11 is 0. The molecular weight excluding hydrogens is 453 g/mol. The van der Waals surface area contributed by atoms with Crippen LogP contribution in [0.15, 0.2) is 18.3 Å². The molecule has 2 aliphatic rings. The minimum absolute atomic E-state index is 0.223. The molecule has 0 aromatic carbocycles. The summed E-state index contributed by atoms with van der Waals surface area (Å²) in [7, 11) is 0. The van der Waals surface area contributed by atoms with E-state index in [1.807, 2.05) is 0 Å². The highest BCUT2D eigenvalue weighted by atomic mass is 19.4. The third kappa shape index (κ3) is 4.40. The molecule has 2 aromatic rings. The van der Waals surface area contributed by atoms with Gasteiger partial charge in [0.05, 0.1) is 11.3 Å². The number of aryl methyl sites for hydroxylation is 1. The molecule has 1 spiro atoms. The van der Waals surface area contributed by atoms with Crippen LogP contribution >= 0.6 is 0 Å². The first-order valence-electron chi connectivity index (χ1n) is 10.9. The zero-order valence-corrected chi connectivity index (χ0v) is 19.4. The van der Waals surface area contributed by atoms with Crippen LogP contribution < -0.4 is 11.1 Å². The summed E-state index contributed by atoms with van der Waals surface area (Å²) in [6, 6.07) is 1.95. The molecular formula is C22H27F3N6O3. The summed E-state index contributed by atoms with van der Waals surface area (Å²) in [5, 5.41) is 7.01. The number of alkyl halides is 3. The number of carbonyl (C=O) groups is 2. The van der Waals surface area contributed by atoms with Crippen LogP contribution in [-0.4, -0.2) is 56.4 Å². The summed E-state index contributed by atoms with van der Waals surface area (Å²) in [6.07, 6.45) is -3.24. The van der Waals surface area contributed by atoms with Gasteiger partial charge in [0, 0.05) is 42.5 Å². The Labute approximate surface area is 194 Å². The van der Waals surface area contributed by atoms with Crippen LogP contribution in [-0.2, 0) is 27.7 Å². The number of pyridine rings is 1. The van der Waals surface area contributed by atoms with Crippen molar-refractivity contribution in [1.82, 2.24) is 25.0 Å². The summed E-state index contributed by atoms with van der Waals surface area (Å²) in [5.74, 6) is -0.811. The smallest absolute Gasteiger partial charge is 0.419 e. The Kier molecular flexibility index (Phi) is 5.52. The molecule has 0 aliphatic carbocycles. The van der Waals surface area contributed by atoms with Gasteiger partial charge in [-0.15, -0.1) is 0 Å². The molecule has 184 valence electrons. The van der Waals surface area contributed by atoms with Gasteiger partial charge in [-0.2, -0.15) is 18.3 Å². The van der Waals surface area contributed by atoms with Gasteiger partial charge in [-0.05, 0) is 46.2 Å².